The van der Waals surface area contributed by atoms with Gasteiger partial charge in [0.05, 0.1) is 11.8 Å². The molecule has 0 bridgehead atoms. The van der Waals surface area contributed by atoms with E-state index in [0.717, 1.165) is 41.6 Å². The molecular weight excluding hydrogens is 284 g/mol. The molecule has 3 rings (SSSR count). The molecule has 1 aliphatic rings. The first kappa shape index (κ1) is 14.4. The summed E-state index contributed by atoms with van der Waals surface area (Å²) in [6, 6.07) is 6.14. The van der Waals surface area contributed by atoms with E-state index in [2.05, 4.69) is 12.1 Å². The highest BCUT2D eigenvalue weighted by Gasteiger charge is 2.26. The van der Waals surface area contributed by atoms with Crippen LogP contribution in [0, 0.1) is 6.92 Å². The molecule has 0 spiro atoms. The molecule has 2 heterocycles. The Labute approximate surface area is 128 Å². The van der Waals surface area contributed by atoms with Crippen molar-refractivity contribution in [2.75, 3.05) is 25.9 Å². The fourth-order valence-corrected chi connectivity index (χ4v) is 3.90. The average Bonchev–Trinajstić information content (AvgIpc) is 2.83. The minimum atomic E-state index is 0.0564. The van der Waals surface area contributed by atoms with Gasteiger partial charge in [0.15, 0.2) is 0 Å². The summed E-state index contributed by atoms with van der Waals surface area (Å²) >= 11 is 1.49. The molecule has 0 radical (unpaired) electrons. The number of nitrogen functional groups attached to an aromatic ring is 1. The van der Waals surface area contributed by atoms with Crippen LogP contribution in [0.5, 0.6) is 0 Å². The molecule has 1 aromatic carbocycles. The van der Waals surface area contributed by atoms with Gasteiger partial charge in [0, 0.05) is 30.3 Å². The number of hydrogen-bond acceptors (Lipinski definition) is 4. The number of benzene rings is 1. The maximum Gasteiger partial charge on any atom is 0.266 e. The largest absolute Gasteiger partial charge is 0.397 e. The van der Waals surface area contributed by atoms with Crippen LogP contribution in [0.4, 0.5) is 5.69 Å². The van der Waals surface area contributed by atoms with E-state index in [1.165, 1.54) is 11.3 Å². The Morgan fingerprint density at radius 3 is 2.76 bits per heavy atom. The van der Waals surface area contributed by atoms with Crippen LogP contribution >= 0.6 is 11.3 Å². The molecule has 0 saturated carbocycles. The number of carbonyl (C=O) groups excluding carboxylic acids is 1. The Morgan fingerprint density at radius 2 is 2.10 bits per heavy atom. The summed E-state index contributed by atoms with van der Waals surface area (Å²) in [4.78, 5) is 15.3. The van der Waals surface area contributed by atoms with E-state index < -0.39 is 0 Å². The van der Waals surface area contributed by atoms with Gasteiger partial charge in [-0.3, -0.25) is 4.79 Å². The van der Waals surface area contributed by atoms with E-state index in [-0.39, 0.29) is 12.0 Å². The first-order valence-electron chi connectivity index (χ1n) is 7.21. The Kier molecular flexibility index (Phi) is 3.87. The van der Waals surface area contributed by atoms with E-state index in [4.69, 9.17) is 10.5 Å². The first-order valence-corrected chi connectivity index (χ1v) is 8.02. The molecule has 0 aliphatic carbocycles. The zero-order valence-corrected chi connectivity index (χ0v) is 13.2. The van der Waals surface area contributed by atoms with Crippen molar-refractivity contribution in [3.05, 3.63) is 28.6 Å². The minimum Gasteiger partial charge on any atom is -0.397 e. The predicted molar refractivity (Wildman–Crippen MR) is 86.9 cm³/mol. The third-order valence-electron chi connectivity index (χ3n) is 4.14. The summed E-state index contributed by atoms with van der Waals surface area (Å²) in [6.07, 6.45) is 2.06. The third kappa shape index (κ3) is 2.63. The SMILES string of the molecule is COC1CCN(C(=O)c2sc3ccc(C)cc3c2N)CC1. The Balaban J connectivity index is 1.87. The van der Waals surface area contributed by atoms with Crippen LogP contribution in [0.3, 0.4) is 0 Å². The second-order valence-corrected chi connectivity index (χ2v) is 6.62. The summed E-state index contributed by atoms with van der Waals surface area (Å²) in [7, 11) is 1.73. The van der Waals surface area contributed by atoms with E-state index in [0.29, 0.717) is 10.6 Å². The highest BCUT2D eigenvalue weighted by Crippen LogP contribution is 2.35. The Morgan fingerprint density at radius 1 is 1.38 bits per heavy atom. The van der Waals surface area contributed by atoms with Gasteiger partial charge < -0.3 is 15.4 Å². The molecule has 2 aromatic rings. The molecule has 0 unspecified atom stereocenters. The molecule has 4 nitrogen and oxygen atoms in total. The van der Waals surface area contributed by atoms with Crippen LogP contribution < -0.4 is 5.73 Å². The molecule has 1 saturated heterocycles. The molecule has 1 aliphatic heterocycles. The summed E-state index contributed by atoms with van der Waals surface area (Å²) in [5.41, 5.74) is 7.99. The van der Waals surface area contributed by atoms with Crippen LogP contribution in [0.25, 0.3) is 10.1 Å². The van der Waals surface area contributed by atoms with Crippen molar-refractivity contribution in [3.8, 4) is 0 Å². The van der Waals surface area contributed by atoms with E-state index >= 15 is 0 Å². The second-order valence-electron chi connectivity index (χ2n) is 5.57. The standard InChI is InChI=1S/C16H20N2O2S/c1-10-3-4-13-12(9-10)14(17)15(21-13)16(19)18-7-5-11(20-2)6-8-18/h3-4,9,11H,5-8,17H2,1-2H3. The number of piperidine rings is 1. The minimum absolute atomic E-state index is 0.0564. The van der Waals surface area contributed by atoms with Crippen LogP contribution in [0.15, 0.2) is 18.2 Å². The Hall–Kier alpha value is -1.59. The number of carbonyl (C=O) groups is 1. The number of hydrogen-bond donors (Lipinski definition) is 1. The second kappa shape index (κ2) is 5.66. The molecule has 1 fully saturated rings. The van der Waals surface area contributed by atoms with Crippen LogP contribution in [0.2, 0.25) is 0 Å². The predicted octanol–water partition coefficient (Wildman–Crippen LogP) is 3.04. The highest BCUT2D eigenvalue weighted by molar-refractivity contribution is 7.21. The van der Waals surface area contributed by atoms with Gasteiger partial charge in [-0.05, 0) is 31.9 Å². The summed E-state index contributed by atoms with van der Waals surface area (Å²) in [6.45, 7) is 3.52. The van der Waals surface area contributed by atoms with Crippen molar-refractivity contribution in [1.82, 2.24) is 4.90 Å². The Bertz CT molecular complexity index is 672. The van der Waals surface area contributed by atoms with Gasteiger partial charge in [0.2, 0.25) is 0 Å². The zero-order chi connectivity index (χ0) is 15.0. The van der Waals surface area contributed by atoms with Crippen molar-refractivity contribution in [2.24, 2.45) is 0 Å². The monoisotopic (exact) mass is 304 g/mol. The smallest absolute Gasteiger partial charge is 0.266 e. The van der Waals surface area contributed by atoms with Crippen molar-refractivity contribution < 1.29 is 9.53 Å². The highest BCUT2D eigenvalue weighted by atomic mass is 32.1. The normalized spacial score (nSPS) is 16.6. The number of aryl methyl sites for hydroxylation is 1. The number of anilines is 1. The van der Waals surface area contributed by atoms with Gasteiger partial charge in [0.25, 0.3) is 5.91 Å². The number of nitrogens with zero attached hydrogens (tertiary/aromatic N) is 1. The molecular formula is C16H20N2O2S. The maximum atomic E-state index is 12.7. The maximum absolute atomic E-state index is 12.7. The lowest BCUT2D eigenvalue weighted by Gasteiger charge is -2.31. The third-order valence-corrected chi connectivity index (χ3v) is 5.31. The first-order chi connectivity index (χ1) is 10.1. The van der Waals surface area contributed by atoms with Gasteiger partial charge in [0.1, 0.15) is 4.88 Å². The molecule has 112 valence electrons. The van der Waals surface area contributed by atoms with E-state index in [1.54, 1.807) is 7.11 Å². The molecule has 0 atom stereocenters. The number of likely N-dealkylation sites (tertiary alicyclic amines) is 1. The molecule has 1 aromatic heterocycles. The summed E-state index contributed by atoms with van der Waals surface area (Å²) < 4.78 is 6.43. The van der Waals surface area contributed by atoms with Gasteiger partial charge in [-0.1, -0.05) is 11.6 Å². The quantitative estimate of drug-likeness (QED) is 0.928. The average molecular weight is 304 g/mol. The van der Waals surface area contributed by atoms with Gasteiger partial charge in [-0.25, -0.2) is 0 Å². The molecule has 2 N–H and O–H groups in total. The van der Waals surface area contributed by atoms with Crippen LogP contribution in [-0.4, -0.2) is 37.1 Å². The zero-order valence-electron chi connectivity index (χ0n) is 12.4. The van der Waals surface area contributed by atoms with Crippen LogP contribution in [-0.2, 0) is 4.74 Å². The van der Waals surface area contributed by atoms with E-state index in [1.807, 2.05) is 17.9 Å². The molecule has 5 heteroatoms. The number of ether oxygens (including phenoxy) is 1. The van der Waals surface area contributed by atoms with Gasteiger partial charge in [-0.15, -0.1) is 11.3 Å². The number of rotatable bonds is 2. The fraction of sp³-hybridized carbons (Fsp3) is 0.438. The number of fused-ring (bicyclic) bond motifs is 1. The van der Waals surface area contributed by atoms with Crippen LogP contribution in [0.1, 0.15) is 28.1 Å². The van der Waals surface area contributed by atoms with Crippen molar-refractivity contribution >= 4 is 33.0 Å². The number of amides is 1. The van der Waals surface area contributed by atoms with Crippen molar-refractivity contribution in [3.63, 3.8) is 0 Å². The van der Waals surface area contributed by atoms with E-state index in [9.17, 15) is 4.79 Å². The lowest BCUT2D eigenvalue weighted by molar-refractivity contribution is 0.0354. The number of methoxy groups -OCH3 is 1. The van der Waals surface area contributed by atoms with Crippen molar-refractivity contribution in [1.29, 1.82) is 0 Å². The van der Waals surface area contributed by atoms with Gasteiger partial charge in [-0.2, -0.15) is 0 Å². The van der Waals surface area contributed by atoms with Gasteiger partial charge >= 0.3 is 0 Å². The topological polar surface area (TPSA) is 55.6 Å². The number of nitrogens with two attached hydrogens (primary N) is 1. The number of thiophene rings is 1. The lowest BCUT2D eigenvalue weighted by atomic mass is 10.1. The lowest BCUT2D eigenvalue weighted by Crippen LogP contribution is -2.40. The van der Waals surface area contributed by atoms with Crippen molar-refractivity contribution in [2.45, 2.75) is 25.9 Å². The molecule has 1 amide bonds. The summed E-state index contributed by atoms with van der Waals surface area (Å²) in [5.74, 6) is 0.0564. The molecule has 21 heavy (non-hydrogen) atoms. The summed E-state index contributed by atoms with van der Waals surface area (Å²) in [5, 5.41) is 0.995. The fourth-order valence-electron chi connectivity index (χ4n) is 2.83.